The van der Waals surface area contributed by atoms with Gasteiger partial charge < -0.3 is 9.47 Å². The molecule has 0 saturated carbocycles. The van der Waals surface area contributed by atoms with Crippen LogP contribution in [0.2, 0.25) is 0 Å². The topological polar surface area (TPSA) is 85.3 Å². The highest BCUT2D eigenvalue weighted by molar-refractivity contribution is 6.05. The van der Waals surface area contributed by atoms with Crippen molar-refractivity contribution in [2.75, 3.05) is 14.2 Å². The Morgan fingerprint density at radius 2 is 1.84 bits per heavy atom. The standard InChI is InChI=1S/C12H16N2O5/c1-18-11(16)7-3-5-9(13-7)14-8(12(17)19-2)4-6-10(14)15/h7-8H,3-6H2,1-2H3/t7-,8+/m0/s1. The maximum Gasteiger partial charge on any atom is 0.330 e. The van der Waals surface area contributed by atoms with Crippen molar-refractivity contribution in [3.8, 4) is 0 Å². The van der Waals surface area contributed by atoms with Crippen LogP contribution in [0.5, 0.6) is 0 Å². The predicted octanol–water partition coefficient (Wildman–Crippen LogP) is -0.116. The van der Waals surface area contributed by atoms with Gasteiger partial charge in [0.25, 0.3) is 0 Å². The fourth-order valence-electron chi connectivity index (χ4n) is 2.43. The number of amidine groups is 1. The van der Waals surface area contributed by atoms with Crippen LogP contribution >= 0.6 is 0 Å². The summed E-state index contributed by atoms with van der Waals surface area (Å²) in [5.41, 5.74) is 0. The average Bonchev–Trinajstić information content (AvgIpc) is 3.03. The van der Waals surface area contributed by atoms with Gasteiger partial charge in [-0.25, -0.2) is 9.59 Å². The summed E-state index contributed by atoms with van der Waals surface area (Å²) in [6.45, 7) is 0. The molecule has 2 atom stereocenters. The van der Waals surface area contributed by atoms with E-state index in [1.807, 2.05) is 0 Å². The van der Waals surface area contributed by atoms with Crippen LogP contribution in [0.25, 0.3) is 0 Å². The molecule has 1 amide bonds. The van der Waals surface area contributed by atoms with Gasteiger partial charge in [-0.3, -0.25) is 14.7 Å². The minimum absolute atomic E-state index is 0.153. The van der Waals surface area contributed by atoms with Gasteiger partial charge in [-0.05, 0) is 12.8 Å². The van der Waals surface area contributed by atoms with Crippen molar-refractivity contribution in [3.05, 3.63) is 0 Å². The van der Waals surface area contributed by atoms with Gasteiger partial charge in [0.05, 0.1) is 14.2 Å². The van der Waals surface area contributed by atoms with Crippen LogP contribution in [0.3, 0.4) is 0 Å². The molecule has 2 heterocycles. The second-order valence-electron chi connectivity index (χ2n) is 4.46. The first kappa shape index (κ1) is 13.5. The number of carbonyl (C=O) groups excluding carboxylic acids is 3. The first-order valence-corrected chi connectivity index (χ1v) is 6.13. The maximum absolute atomic E-state index is 11.9. The predicted molar refractivity (Wildman–Crippen MR) is 64.4 cm³/mol. The Bertz CT molecular complexity index is 445. The van der Waals surface area contributed by atoms with E-state index in [9.17, 15) is 14.4 Å². The number of ether oxygens (including phenoxy) is 2. The lowest BCUT2D eigenvalue weighted by molar-refractivity contribution is -0.146. The Morgan fingerprint density at radius 1 is 1.16 bits per heavy atom. The molecule has 2 aliphatic rings. The highest BCUT2D eigenvalue weighted by Crippen LogP contribution is 2.26. The molecule has 0 aromatic carbocycles. The van der Waals surface area contributed by atoms with Gasteiger partial charge in [0.15, 0.2) is 0 Å². The van der Waals surface area contributed by atoms with Crippen LogP contribution in [0.1, 0.15) is 25.7 Å². The van der Waals surface area contributed by atoms with Crippen LogP contribution in [0, 0.1) is 0 Å². The Kier molecular flexibility index (Phi) is 3.82. The Hall–Kier alpha value is -1.92. The van der Waals surface area contributed by atoms with Crippen LogP contribution in [-0.4, -0.2) is 54.9 Å². The monoisotopic (exact) mass is 268 g/mol. The van der Waals surface area contributed by atoms with E-state index in [1.165, 1.54) is 19.1 Å². The lowest BCUT2D eigenvalue weighted by atomic mass is 10.2. The Balaban J connectivity index is 2.18. The first-order valence-electron chi connectivity index (χ1n) is 6.13. The average molecular weight is 268 g/mol. The van der Waals surface area contributed by atoms with Crippen molar-refractivity contribution >= 4 is 23.7 Å². The molecule has 1 saturated heterocycles. The zero-order valence-electron chi connectivity index (χ0n) is 10.9. The summed E-state index contributed by atoms with van der Waals surface area (Å²) in [5, 5.41) is 0. The number of rotatable bonds is 2. The molecular weight excluding hydrogens is 252 g/mol. The fraction of sp³-hybridized carbons (Fsp3) is 0.667. The van der Waals surface area contributed by atoms with Gasteiger partial charge in [0, 0.05) is 12.8 Å². The SMILES string of the molecule is COC(=O)[C@@H]1CCC(N2C(=O)CC[C@@H]2C(=O)OC)=N1. The van der Waals surface area contributed by atoms with Crippen molar-refractivity contribution in [1.29, 1.82) is 0 Å². The third-order valence-corrected chi connectivity index (χ3v) is 3.38. The molecule has 0 spiro atoms. The molecule has 0 aliphatic carbocycles. The van der Waals surface area contributed by atoms with Gasteiger partial charge in [0.2, 0.25) is 5.91 Å². The Morgan fingerprint density at radius 3 is 2.47 bits per heavy atom. The first-order chi connectivity index (χ1) is 9.08. The van der Waals surface area contributed by atoms with E-state index < -0.39 is 24.0 Å². The number of hydrogen-bond donors (Lipinski definition) is 0. The van der Waals surface area contributed by atoms with E-state index in [4.69, 9.17) is 0 Å². The minimum atomic E-state index is -0.618. The smallest absolute Gasteiger partial charge is 0.330 e. The van der Waals surface area contributed by atoms with Crippen LogP contribution < -0.4 is 0 Å². The maximum atomic E-state index is 11.9. The summed E-state index contributed by atoms with van der Waals surface area (Å²) >= 11 is 0. The van der Waals surface area contributed by atoms with E-state index in [1.54, 1.807) is 0 Å². The molecule has 2 rings (SSSR count). The molecule has 19 heavy (non-hydrogen) atoms. The fourth-order valence-corrected chi connectivity index (χ4v) is 2.43. The highest BCUT2D eigenvalue weighted by atomic mass is 16.5. The molecule has 1 fully saturated rings. The molecule has 0 bridgehead atoms. The van der Waals surface area contributed by atoms with E-state index >= 15 is 0 Å². The second kappa shape index (κ2) is 5.38. The molecule has 104 valence electrons. The van der Waals surface area contributed by atoms with Crippen molar-refractivity contribution in [1.82, 2.24) is 4.90 Å². The molecule has 0 N–H and O–H groups in total. The summed E-state index contributed by atoms with van der Waals surface area (Å²) in [5.74, 6) is -0.542. The van der Waals surface area contributed by atoms with Crippen molar-refractivity contribution in [2.45, 2.75) is 37.8 Å². The number of esters is 2. The van der Waals surface area contributed by atoms with Gasteiger partial charge in [0.1, 0.15) is 17.9 Å². The summed E-state index contributed by atoms with van der Waals surface area (Å²) < 4.78 is 9.31. The van der Waals surface area contributed by atoms with E-state index in [2.05, 4.69) is 14.5 Å². The molecule has 0 aromatic heterocycles. The quantitative estimate of drug-likeness (QED) is 0.652. The largest absolute Gasteiger partial charge is 0.467 e. The number of amides is 1. The normalized spacial score (nSPS) is 26.3. The summed E-state index contributed by atoms with van der Waals surface area (Å²) in [6.07, 6.45) is 1.70. The minimum Gasteiger partial charge on any atom is -0.467 e. The van der Waals surface area contributed by atoms with Crippen molar-refractivity contribution in [3.63, 3.8) is 0 Å². The van der Waals surface area contributed by atoms with Gasteiger partial charge in [-0.15, -0.1) is 0 Å². The molecule has 0 aromatic rings. The Labute approximate surface area is 110 Å². The van der Waals surface area contributed by atoms with Crippen molar-refractivity contribution < 1.29 is 23.9 Å². The number of hydrogen-bond acceptors (Lipinski definition) is 6. The molecule has 0 radical (unpaired) electrons. The lowest BCUT2D eigenvalue weighted by Crippen LogP contribution is -2.42. The third-order valence-electron chi connectivity index (χ3n) is 3.38. The molecular formula is C12H16N2O5. The second-order valence-corrected chi connectivity index (χ2v) is 4.46. The zero-order valence-corrected chi connectivity index (χ0v) is 10.9. The van der Waals surface area contributed by atoms with Crippen LogP contribution in [-0.2, 0) is 23.9 Å². The van der Waals surface area contributed by atoms with Gasteiger partial charge in [-0.1, -0.05) is 0 Å². The number of likely N-dealkylation sites (tertiary alicyclic amines) is 1. The molecule has 7 nitrogen and oxygen atoms in total. The lowest BCUT2D eigenvalue weighted by Gasteiger charge is -2.22. The summed E-state index contributed by atoms with van der Waals surface area (Å²) in [4.78, 5) is 40.5. The number of aliphatic imine (C=N–C) groups is 1. The molecule has 2 aliphatic heterocycles. The van der Waals surface area contributed by atoms with E-state index in [0.29, 0.717) is 31.5 Å². The zero-order chi connectivity index (χ0) is 14.0. The summed E-state index contributed by atoms with van der Waals surface area (Å²) in [7, 11) is 2.59. The molecule has 0 unspecified atom stereocenters. The van der Waals surface area contributed by atoms with E-state index in [0.717, 1.165) is 0 Å². The van der Waals surface area contributed by atoms with Crippen LogP contribution in [0.4, 0.5) is 0 Å². The number of nitrogens with zero attached hydrogens (tertiary/aromatic N) is 2. The number of methoxy groups -OCH3 is 2. The summed E-state index contributed by atoms with van der Waals surface area (Å²) in [6, 6.07) is -1.20. The third kappa shape index (κ3) is 2.45. The number of carbonyl (C=O) groups is 3. The van der Waals surface area contributed by atoms with Gasteiger partial charge in [-0.2, -0.15) is 0 Å². The van der Waals surface area contributed by atoms with E-state index in [-0.39, 0.29) is 5.91 Å². The highest BCUT2D eigenvalue weighted by Gasteiger charge is 2.41. The van der Waals surface area contributed by atoms with Crippen LogP contribution in [0.15, 0.2) is 4.99 Å². The molecule has 7 heteroatoms. The van der Waals surface area contributed by atoms with Crippen molar-refractivity contribution in [2.24, 2.45) is 4.99 Å². The van der Waals surface area contributed by atoms with Gasteiger partial charge >= 0.3 is 11.9 Å².